The number of aryl methyl sites for hydroxylation is 1. The van der Waals surface area contributed by atoms with Crippen LogP contribution in [0.15, 0.2) is 35.3 Å². The Labute approximate surface area is 163 Å². The monoisotopic (exact) mass is 446 g/mol. The Hall–Kier alpha value is -1.31. The van der Waals surface area contributed by atoms with Gasteiger partial charge in [-0.05, 0) is 31.7 Å². The summed E-state index contributed by atoms with van der Waals surface area (Å²) in [5.41, 5.74) is 1.35. The van der Waals surface area contributed by atoms with E-state index in [9.17, 15) is 4.79 Å². The summed E-state index contributed by atoms with van der Waals surface area (Å²) in [6, 6.07) is 10.7. The molecule has 1 rings (SSSR count). The molecule has 136 valence electrons. The highest BCUT2D eigenvalue weighted by molar-refractivity contribution is 14.0. The molecule has 24 heavy (non-hydrogen) atoms. The molecule has 0 fully saturated rings. The molecule has 0 aliphatic heterocycles. The molecule has 5 nitrogen and oxygen atoms in total. The third-order valence-electron chi connectivity index (χ3n) is 3.67. The van der Waals surface area contributed by atoms with E-state index in [1.165, 1.54) is 5.56 Å². The summed E-state index contributed by atoms with van der Waals surface area (Å²) in [6.07, 6.45) is 3.49. The smallest absolute Gasteiger partial charge is 0.221 e. The molecule has 0 spiro atoms. The van der Waals surface area contributed by atoms with Crippen molar-refractivity contribution < 1.29 is 4.79 Å². The number of hydrogen-bond acceptors (Lipinski definition) is 2. The van der Waals surface area contributed by atoms with Gasteiger partial charge in [-0.1, -0.05) is 37.3 Å². The second-order valence-electron chi connectivity index (χ2n) is 5.64. The number of amides is 1. The highest BCUT2D eigenvalue weighted by atomic mass is 127. The molecule has 0 aliphatic rings. The van der Waals surface area contributed by atoms with Crippen LogP contribution in [0, 0.1) is 0 Å². The Morgan fingerprint density at radius 1 is 1.17 bits per heavy atom. The first-order valence-electron chi connectivity index (χ1n) is 8.43. The van der Waals surface area contributed by atoms with Crippen LogP contribution >= 0.6 is 24.0 Å². The SMILES string of the molecule is CCC(C)NC(=O)CCNC(=NC)NCCCc1ccccc1.I. The Morgan fingerprint density at radius 3 is 2.46 bits per heavy atom. The molecule has 1 aromatic rings. The summed E-state index contributed by atoms with van der Waals surface area (Å²) in [5, 5.41) is 9.39. The number of rotatable bonds is 9. The number of benzene rings is 1. The van der Waals surface area contributed by atoms with E-state index < -0.39 is 0 Å². The highest BCUT2D eigenvalue weighted by Gasteiger charge is 2.05. The van der Waals surface area contributed by atoms with Gasteiger partial charge in [-0.25, -0.2) is 0 Å². The number of nitrogens with one attached hydrogen (secondary N) is 3. The Balaban J connectivity index is 0.00000529. The topological polar surface area (TPSA) is 65.5 Å². The van der Waals surface area contributed by atoms with Crippen LogP contribution in [0.4, 0.5) is 0 Å². The minimum atomic E-state index is 0. The predicted octanol–water partition coefficient (Wildman–Crippen LogP) is 2.71. The molecule has 0 aromatic heterocycles. The van der Waals surface area contributed by atoms with Gasteiger partial charge in [0.25, 0.3) is 0 Å². The minimum absolute atomic E-state index is 0. The van der Waals surface area contributed by atoms with Gasteiger partial charge in [0.05, 0.1) is 0 Å². The number of carbonyl (C=O) groups is 1. The summed E-state index contributed by atoms with van der Waals surface area (Å²) < 4.78 is 0. The number of halogens is 1. The van der Waals surface area contributed by atoms with Gasteiger partial charge in [-0.3, -0.25) is 9.79 Å². The fourth-order valence-corrected chi connectivity index (χ4v) is 2.11. The van der Waals surface area contributed by atoms with Crippen molar-refractivity contribution >= 4 is 35.8 Å². The van der Waals surface area contributed by atoms with E-state index >= 15 is 0 Å². The standard InChI is InChI=1S/C18H30N4O.HI/c1-4-15(2)22-17(23)12-14-21-18(19-3)20-13-8-11-16-9-6-5-7-10-16;/h5-7,9-10,15H,4,8,11-14H2,1-3H3,(H,22,23)(H2,19,20,21);1H. The fourth-order valence-electron chi connectivity index (χ4n) is 2.11. The van der Waals surface area contributed by atoms with Gasteiger partial charge in [0.1, 0.15) is 0 Å². The van der Waals surface area contributed by atoms with Gasteiger partial charge >= 0.3 is 0 Å². The summed E-state index contributed by atoms with van der Waals surface area (Å²) in [7, 11) is 1.74. The molecule has 0 saturated carbocycles. The maximum atomic E-state index is 11.7. The van der Waals surface area contributed by atoms with Crippen molar-refractivity contribution in [1.82, 2.24) is 16.0 Å². The van der Waals surface area contributed by atoms with Crippen LogP contribution in [0.5, 0.6) is 0 Å². The van der Waals surface area contributed by atoms with Gasteiger partial charge in [0, 0.05) is 32.6 Å². The van der Waals surface area contributed by atoms with Crippen molar-refractivity contribution in [1.29, 1.82) is 0 Å². The second kappa shape index (κ2) is 14.1. The largest absolute Gasteiger partial charge is 0.356 e. The predicted molar refractivity (Wildman–Crippen MR) is 112 cm³/mol. The lowest BCUT2D eigenvalue weighted by molar-refractivity contribution is -0.121. The highest BCUT2D eigenvalue weighted by Crippen LogP contribution is 2.01. The van der Waals surface area contributed by atoms with Crippen LogP contribution in [-0.4, -0.2) is 38.0 Å². The average Bonchev–Trinajstić information content (AvgIpc) is 2.57. The van der Waals surface area contributed by atoms with Crippen LogP contribution in [0.3, 0.4) is 0 Å². The maximum Gasteiger partial charge on any atom is 0.221 e. The Bertz CT molecular complexity index is 479. The molecular formula is C18H31IN4O. The first-order valence-corrected chi connectivity index (χ1v) is 8.43. The molecule has 0 heterocycles. The number of guanidine groups is 1. The summed E-state index contributed by atoms with van der Waals surface area (Å²) in [4.78, 5) is 15.9. The normalized spacial score (nSPS) is 12.0. The molecule has 0 saturated heterocycles. The maximum absolute atomic E-state index is 11.7. The summed E-state index contributed by atoms with van der Waals surface area (Å²) in [5.74, 6) is 0.820. The second-order valence-corrected chi connectivity index (χ2v) is 5.64. The Morgan fingerprint density at radius 2 is 1.83 bits per heavy atom. The van der Waals surface area contributed by atoms with Gasteiger partial charge in [-0.2, -0.15) is 0 Å². The minimum Gasteiger partial charge on any atom is -0.356 e. The zero-order valence-electron chi connectivity index (χ0n) is 15.0. The quantitative estimate of drug-likeness (QED) is 0.237. The third-order valence-corrected chi connectivity index (χ3v) is 3.67. The molecule has 1 unspecified atom stereocenters. The molecule has 1 aromatic carbocycles. The molecule has 0 aliphatic carbocycles. The van der Waals surface area contributed by atoms with Gasteiger partial charge in [-0.15, -0.1) is 24.0 Å². The zero-order chi connectivity index (χ0) is 16.9. The van der Waals surface area contributed by atoms with E-state index in [4.69, 9.17) is 0 Å². The van der Waals surface area contributed by atoms with E-state index in [0.717, 1.165) is 31.8 Å². The lowest BCUT2D eigenvalue weighted by atomic mass is 10.1. The number of carbonyl (C=O) groups excluding carboxylic acids is 1. The number of nitrogens with zero attached hydrogens (tertiary/aromatic N) is 1. The Kier molecular flexibility index (Phi) is 13.3. The zero-order valence-corrected chi connectivity index (χ0v) is 17.3. The average molecular weight is 446 g/mol. The lowest BCUT2D eigenvalue weighted by Crippen LogP contribution is -2.40. The van der Waals surface area contributed by atoms with Crippen LogP contribution in [-0.2, 0) is 11.2 Å². The first kappa shape index (κ1) is 22.7. The summed E-state index contributed by atoms with van der Waals surface area (Å²) >= 11 is 0. The molecule has 0 bridgehead atoms. The van der Waals surface area contributed by atoms with Crippen molar-refractivity contribution in [3.63, 3.8) is 0 Å². The van der Waals surface area contributed by atoms with E-state index in [1.807, 2.05) is 13.0 Å². The first-order chi connectivity index (χ1) is 11.2. The van der Waals surface area contributed by atoms with Crippen molar-refractivity contribution in [2.45, 2.75) is 45.6 Å². The van der Waals surface area contributed by atoms with Crippen LogP contribution in [0.2, 0.25) is 0 Å². The van der Waals surface area contributed by atoms with Crippen LogP contribution < -0.4 is 16.0 Å². The van der Waals surface area contributed by atoms with Gasteiger partial charge in [0.15, 0.2) is 5.96 Å². The van der Waals surface area contributed by atoms with Crippen molar-refractivity contribution in [2.24, 2.45) is 4.99 Å². The lowest BCUT2D eigenvalue weighted by Gasteiger charge is -2.13. The molecule has 6 heteroatoms. The van der Waals surface area contributed by atoms with E-state index in [0.29, 0.717) is 13.0 Å². The van der Waals surface area contributed by atoms with E-state index in [2.05, 4.69) is 52.1 Å². The molecule has 0 radical (unpaired) electrons. The van der Waals surface area contributed by atoms with Gasteiger partial charge in [0.2, 0.25) is 5.91 Å². The summed E-state index contributed by atoms with van der Waals surface area (Å²) in [6.45, 7) is 5.51. The van der Waals surface area contributed by atoms with Crippen LogP contribution in [0.25, 0.3) is 0 Å². The fraction of sp³-hybridized carbons (Fsp3) is 0.556. The van der Waals surface area contributed by atoms with E-state index in [1.54, 1.807) is 7.05 Å². The van der Waals surface area contributed by atoms with Crippen molar-refractivity contribution in [3.05, 3.63) is 35.9 Å². The molecule has 3 N–H and O–H groups in total. The molecule has 1 amide bonds. The van der Waals surface area contributed by atoms with Crippen LogP contribution in [0.1, 0.15) is 38.7 Å². The molecular weight excluding hydrogens is 415 g/mol. The van der Waals surface area contributed by atoms with Crippen molar-refractivity contribution in [3.8, 4) is 0 Å². The number of hydrogen-bond donors (Lipinski definition) is 3. The third kappa shape index (κ3) is 10.5. The van der Waals surface area contributed by atoms with Gasteiger partial charge < -0.3 is 16.0 Å². The molecule has 1 atom stereocenters. The van der Waals surface area contributed by atoms with E-state index in [-0.39, 0.29) is 35.9 Å². The number of aliphatic imine (C=N–C) groups is 1. The van der Waals surface area contributed by atoms with Crippen molar-refractivity contribution in [2.75, 3.05) is 20.1 Å².